The molecule has 1 aliphatic carbocycles. The Morgan fingerprint density at radius 3 is 2.56 bits per heavy atom. The van der Waals surface area contributed by atoms with E-state index >= 15 is 0 Å². The number of carbonyl (C=O) groups is 2. The number of thiophene rings is 1. The molecule has 1 fully saturated rings. The van der Waals surface area contributed by atoms with E-state index in [0.29, 0.717) is 33.6 Å². The lowest BCUT2D eigenvalue weighted by Gasteiger charge is -2.34. The van der Waals surface area contributed by atoms with Crippen molar-refractivity contribution in [1.29, 1.82) is 0 Å². The van der Waals surface area contributed by atoms with Gasteiger partial charge in [0.2, 0.25) is 11.7 Å². The van der Waals surface area contributed by atoms with Crippen molar-refractivity contribution in [1.82, 2.24) is 25.5 Å². The molecule has 1 aliphatic rings. The summed E-state index contributed by atoms with van der Waals surface area (Å²) in [5, 5.41) is 18.2. The van der Waals surface area contributed by atoms with Crippen molar-refractivity contribution < 1.29 is 19.1 Å². The summed E-state index contributed by atoms with van der Waals surface area (Å²) in [5.41, 5.74) is 0.959. The van der Waals surface area contributed by atoms with E-state index in [1.165, 1.54) is 28.1 Å². The number of hydrogen-bond acceptors (Lipinski definition) is 8. The highest BCUT2D eigenvalue weighted by atomic mass is 35.5. The number of aromatic nitrogens is 4. The molecule has 10 nitrogen and oxygen atoms in total. The van der Waals surface area contributed by atoms with Gasteiger partial charge in [-0.1, -0.05) is 36.9 Å². The SMILES string of the molecule is COc1ccc(OC)c([C@@H](C(=O)NC2CCCCC2)N(C(=O)Cn2nnc(-c3cccs3)n2)c2ccc(Cl)cc2)c1. The van der Waals surface area contributed by atoms with Gasteiger partial charge in [-0.25, -0.2) is 0 Å². The Kier molecular flexibility index (Phi) is 9.15. The first kappa shape index (κ1) is 28.6. The lowest BCUT2D eigenvalue weighted by molar-refractivity contribution is -0.127. The van der Waals surface area contributed by atoms with Gasteiger partial charge in [-0.15, -0.1) is 21.5 Å². The molecule has 2 aromatic carbocycles. The summed E-state index contributed by atoms with van der Waals surface area (Å²) in [4.78, 5) is 31.9. The van der Waals surface area contributed by atoms with Crippen LogP contribution >= 0.6 is 22.9 Å². The van der Waals surface area contributed by atoms with E-state index in [9.17, 15) is 9.59 Å². The first-order valence-electron chi connectivity index (χ1n) is 13.4. The molecule has 0 aliphatic heterocycles. The Bertz CT molecular complexity index is 1470. The molecule has 0 radical (unpaired) electrons. The normalized spacial score (nSPS) is 14.3. The van der Waals surface area contributed by atoms with Crippen LogP contribution in [0.3, 0.4) is 0 Å². The zero-order valence-corrected chi connectivity index (χ0v) is 24.4. The fourth-order valence-corrected chi connectivity index (χ4v) is 5.80. The fraction of sp³-hybridized carbons (Fsp3) is 0.345. The average molecular weight is 595 g/mol. The van der Waals surface area contributed by atoms with E-state index in [-0.39, 0.29) is 18.5 Å². The topological polar surface area (TPSA) is 111 Å². The minimum Gasteiger partial charge on any atom is -0.497 e. The van der Waals surface area contributed by atoms with Crippen LogP contribution in [0.15, 0.2) is 60.0 Å². The van der Waals surface area contributed by atoms with Gasteiger partial charge in [-0.3, -0.25) is 14.5 Å². The van der Waals surface area contributed by atoms with Gasteiger partial charge in [-0.05, 0) is 72.0 Å². The van der Waals surface area contributed by atoms with E-state index in [1.807, 2.05) is 17.5 Å². The molecule has 41 heavy (non-hydrogen) atoms. The highest BCUT2D eigenvalue weighted by Gasteiger charge is 2.36. The van der Waals surface area contributed by atoms with Crippen LogP contribution in [-0.2, 0) is 16.1 Å². The second-order valence-corrected chi connectivity index (χ2v) is 11.1. The van der Waals surface area contributed by atoms with Gasteiger partial charge in [0.25, 0.3) is 5.91 Å². The number of tetrazole rings is 1. The van der Waals surface area contributed by atoms with E-state index in [0.717, 1.165) is 37.0 Å². The zero-order valence-electron chi connectivity index (χ0n) is 22.8. The minimum atomic E-state index is -1.09. The van der Waals surface area contributed by atoms with Crippen LogP contribution in [-0.4, -0.2) is 52.3 Å². The quantitative estimate of drug-likeness (QED) is 0.265. The number of nitrogens with zero attached hydrogens (tertiary/aromatic N) is 5. The van der Waals surface area contributed by atoms with Gasteiger partial charge in [-0.2, -0.15) is 4.80 Å². The first-order chi connectivity index (χ1) is 20.0. The molecule has 4 aromatic rings. The number of hydrogen-bond donors (Lipinski definition) is 1. The molecule has 214 valence electrons. The predicted octanol–water partition coefficient (Wildman–Crippen LogP) is 5.30. The van der Waals surface area contributed by atoms with E-state index < -0.39 is 11.9 Å². The Morgan fingerprint density at radius 2 is 1.88 bits per heavy atom. The highest BCUT2D eigenvalue weighted by Crippen LogP contribution is 2.37. The molecule has 1 atom stereocenters. The number of ether oxygens (including phenoxy) is 2. The van der Waals surface area contributed by atoms with E-state index in [4.69, 9.17) is 21.1 Å². The van der Waals surface area contributed by atoms with Crippen molar-refractivity contribution in [2.24, 2.45) is 0 Å². The summed E-state index contributed by atoms with van der Waals surface area (Å²) >= 11 is 7.68. The number of amides is 2. The largest absolute Gasteiger partial charge is 0.497 e. The molecule has 2 aromatic heterocycles. The number of methoxy groups -OCH3 is 2. The van der Waals surface area contributed by atoms with Gasteiger partial charge in [0.05, 0.1) is 19.1 Å². The van der Waals surface area contributed by atoms with Gasteiger partial charge in [0.15, 0.2) is 0 Å². The van der Waals surface area contributed by atoms with Crippen LogP contribution < -0.4 is 19.7 Å². The fourth-order valence-electron chi connectivity index (χ4n) is 5.03. The maximum absolute atomic E-state index is 14.2. The highest BCUT2D eigenvalue weighted by molar-refractivity contribution is 7.13. The maximum Gasteiger partial charge on any atom is 0.251 e. The van der Waals surface area contributed by atoms with Crippen molar-refractivity contribution in [3.63, 3.8) is 0 Å². The summed E-state index contributed by atoms with van der Waals surface area (Å²) in [6.45, 7) is -0.250. The molecule has 1 N–H and O–H groups in total. The van der Waals surface area contributed by atoms with Crippen LogP contribution in [0.2, 0.25) is 5.02 Å². The molecule has 2 heterocycles. The third kappa shape index (κ3) is 6.68. The van der Waals surface area contributed by atoms with Crippen LogP contribution in [0, 0.1) is 0 Å². The Balaban J connectivity index is 1.57. The third-order valence-electron chi connectivity index (χ3n) is 7.03. The van der Waals surface area contributed by atoms with Crippen LogP contribution in [0.5, 0.6) is 11.5 Å². The molecule has 2 amide bonds. The molecule has 1 saturated carbocycles. The smallest absolute Gasteiger partial charge is 0.251 e. The second-order valence-electron chi connectivity index (χ2n) is 9.71. The average Bonchev–Trinajstić information content (AvgIpc) is 3.69. The molecule has 12 heteroatoms. The minimum absolute atomic E-state index is 0.0165. The van der Waals surface area contributed by atoms with E-state index in [2.05, 4.69) is 20.7 Å². The zero-order chi connectivity index (χ0) is 28.8. The second kappa shape index (κ2) is 13.1. The van der Waals surface area contributed by atoms with Gasteiger partial charge < -0.3 is 14.8 Å². The van der Waals surface area contributed by atoms with Gasteiger partial charge in [0, 0.05) is 22.3 Å². The number of benzene rings is 2. The molecule has 0 spiro atoms. The van der Waals surface area contributed by atoms with E-state index in [1.54, 1.807) is 49.6 Å². The van der Waals surface area contributed by atoms with Crippen LogP contribution in [0.1, 0.15) is 43.7 Å². The molecule has 0 saturated heterocycles. The predicted molar refractivity (Wildman–Crippen MR) is 157 cm³/mol. The number of rotatable bonds is 10. The Hall–Kier alpha value is -3.96. The van der Waals surface area contributed by atoms with Gasteiger partial charge in [0.1, 0.15) is 24.1 Å². The monoisotopic (exact) mass is 594 g/mol. The Morgan fingerprint density at radius 1 is 1.10 bits per heavy atom. The first-order valence-corrected chi connectivity index (χ1v) is 14.6. The molecule has 0 unspecified atom stereocenters. The molecule has 0 bridgehead atoms. The van der Waals surface area contributed by atoms with Crippen molar-refractivity contribution >= 4 is 40.4 Å². The summed E-state index contributed by atoms with van der Waals surface area (Å²) in [5.74, 6) is 0.652. The van der Waals surface area contributed by atoms with Crippen molar-refractivity contribution in [3.05, 3.63) is 70.6 Å². The van der Waals surface area contributed by atoms with Crippen LogP contribution in [0.25, 0.3) is 10.7 Å². The maximum atomic E-state index is 14.2. The standard InChI is InChI=1S/C29H31ClN6O4S/c1-39-22-14-15-24(40-2)23(17-22)27(29(38)31-20-7-4-3-5-8-20)36(21-12-10-19(30)11-13-21)26(37)18-35-33-28(32-34-35)25-9-6-16-41-25/h6,9-17,20,27H,3-5,7-8,18H2,1-2H3,(H,31,38)/t27-/m0/s1. The third-order valence-corrected chi connectivity index (χ3v) is 8.15. The lowest BCUT2D eigenvalue weighted by Crippen LogP contribution is -2.48. The summed E-state index contributed by atoms with van der Waals surface area (Å²) < 4.78 is 11.2. The molecular formula is C29H31ClN6O4S. The number of carbonyl (C=O) groups excluding carboxylic acids is 2. The van der Waals surface area contributed by atoms with Crippen molar-refractivity contribution in [2.45, 2.75) is 50.7 Å². The number of halogens is 1. The molecular weight excluding hydrogens is 564 g/mol. The van der Waals surface area contributed by atoms with Crippen molar-refractivity contribution in [2.75, 3.05) is 19.1 Å². The van der Waals surface area contributed by atoms with Crippen molar-refractivity contribution in [3.8, 4) is 22.2 Å². The Labute approximate surface area is 247 Å². The number of anilines is 1. The summed E-state index contributed by atoms with van der Waals surface area (Å²) in [7, 11) is 3.08. The van der Waals surface area contributed by atoms with Crippen LogP contribution in [0.4, 0.5) is 5.69 Å². The summed E-state index contributed by atoms with van der Waals surface area (Å²) in [6.07, 6.45) is 5.01. The molecule has 5 rings (SSSR count). The lowest BCUT2D eigenvalue weighted by atomic mass is 9.94. The summed E-state index contributed by atoms with van der Waals surface area (Å²) in [6, 6.07) is 14.7. The van der Waals surface area contributed by atoms with Gasteiger partial charge >= 0.3 is 0 Å². The number of nitrogens with one attached hydrogen (secondary N) is 1.